The third kappa shape index (κ3) is 2.09. The van der Waals surface area contributed by atoms with E-state index >= 15 is 0 Å². The molecule has 0 radical (unpaired) electrons. The molecule has 0 amide bonds. The van der Waals surface area contributed by atoms with E-state index in [9.17, 15) is 0 Å². The first-order valence-corrected chi connectivity index (χ1v) is 5.64. The maximum atomic E-state index is 4.32. The van der Waals surface area contributed by atoms with E-state index < -0.39 is 0 Å². The number of hydrogen-bond acceptors (Lipinski definition) is 5. The van der Waals surface area contributed by atoms with Gasteiger partial charge >= 0.3 is 0 Å². The van der Waals surface area contributed by atoms with Gasteiger partial charge in [-0.3, -0.25) is 4.98 Å². The summed E-state index contributed by atoms with van der Waals surface area (Å²) in [6.07, 6.45) is 6.10. The Labute approximate surface area is 99.3 Å². The van der Waals surface area contributed by atoms with Crippen molar-refractivity contribution in [3.8, 4) is 0 Å². The molecule has 17 heavy (non-hydrogen) atoms. The fourth-order valence-electron chi connectivity index (χ4n) is 1.95. The van der Waals surface area contributed by atoms with Crippen LogP contribution in [0.25, 0.3) is 0 Å². The Balaban J connectivity index is 1.93. The molecule has 2 aromatic heterocycles. The lowest BCUT2D eigenvalue weighted by molar-refractivity contribution is 0.628. The minimum absolute atomic E-state index is 0.823. The molecule has 5 heteroatoms. The molecule has 0 spiro atoms. The molecular weight excluding hydrogens is 214 g/mol. The molecule has 0 unspecified atom stereocenters. The van der Waals surface area contributed by atoms with E-state index in [1.54, 1.807) is 18.7 Å². The Morgan fingerprint density at radius 3 is 2.94 bits per heavy atom. The van der Waals surface area contributed by atoms with Crippen LogP contribution in [0, 0.1) is 0 Å². The summed E-state index contributed by atoms with van der Waals surface area (Å²) in [7, 11) is 0. The van der Waals surface area contributed by atoms with Crippen LogP contribution in [-0.4, -0.2) is 21.5 Å². The van der Waals surface area contributed by atoms with Gasteiger partial charge in [0.1, 0.15) is 12.1 Å². The summed E-state index contributed by atoms with van der Waals surface area (Å²) in [6, 6.07) is 3.84. The molecule has 0 saturated heterocycles. The lowest BCUT2D eigenvalue weighted by Gasteiger charge is -2.18. The maximum Gasteiger partial charge on any atom is 0.138 e. The first-order valence-electron chi connectivity index (χ1n) is 5.64. The molecule has 0 fully saturated rings. The SMILES string of the molecule is c1cc(Nc2ncnc3c2CNCC3)ccn1. The fourth-order valence-corrected chi connectivity index (χ4v) is 1.95. The summed E-state index contributed by atoms with van der Waals surface area (Å²) in [6.45, 7) is 1.81. The molecule has 1 aliphatic heterocycles. The summed E-state index contributed by atoms with van der Waals surface area (Å²) in [5, 5.41) is 6.64. The van der Waals surface area contributed by atoms with Gasteiger partial charge in [0, 0.05) is 43.2 Å². The maximum absolute atomic E-state index is 4.32. The van der Waals surface area contributed by atoms with Crippen molar-refractivity contribution in [1.29, 1.82) is 0 Å². The van der Waals surface area contributed by atoms with E-state index in [1.165, 1.54) is 0 Å². The molecule has 3 heterocycles. The van der Waals surface area contributed by atoms with Gasteiger partial charge in [0.25, 0.3) is 0 Å². The van der Waals surface area contributed by atoms with Crippen molar-refractivity contribution in [2.24, 2.45) is 0 Å². The van der Waals surface area contributed by atoms with Crippen LogP contribution in [0.5, 0.6) is 0 Å². The van der Waals surface area contributed by atoms with Crippen molar-refractivity contribution in [2.75, 3.05) is 11.9 Å². The number of hydrogen-bond donors (Lipinski definition) is 2. The third-order valence-electron chi connectivity index (χ3n) is 2.82. The van der Waals surface area contributed by atoms with Crippen LogP contribution in [-0.2, 0) is 13.0 Å². The first kappa shape index (κ1) is 10.2. The Morgan fingerprint density at radius 2 is 2.06 bits per heavy atom. The van der Waals surface area contributed by atoms with Gasteiger partial charge < -0.3 is 10.6 Å². The van der Waals surface area contributed by atoms with Crippen LogP contribution in [0.3, 0.4) is 0 Å². The van der Waals surface area contributed by atoms with Crippen molar-refractivity contribution in [2.45, 2.75) is 13.0 Å². The lowest BCUT2D eigenvalue weighted by Crippen LogP contribution is -2.25. The van der Waals surface area contributed by atoms with E-state index in [-0.39, 0.29) is 0 Å². The van der Waals surface area contributed by atoms with Gasteiger partial charge in [0.05, 0.1) is 5.69 Å². The van der Waals surface area contributed by atoms with E-state index in [1.807, 2.05) is 12.1 Å². The van der Waals surface area contributed by atoms with Crippen LogP contribution in [0.1, 0.15) is 11.3 Å². The van der Waals surface area contributed by atoms with Crippen molar-refractivity contribution in [1.82, 2.24) is 20.3 Å². The number of rotatable bonds is 2. The van der Waals surface area contributed by atoms with Crippen LogP contribution in [0.2, 0.25) is 0 Å². The van der Waals surface area contributed by atoms with Gasteiger partial charge in [-0.1, -0.05) is 0 Å². The molecule has 2 N–H and O–H groups in total. The van der Waals surface area contributed by atoms with Crippen molar-refractivity contribution < 1.29 is 0 Å². The minimum atomic E-state index is 0.823. The summed E-state index contributed by atoms with van der Waals surface area (Å²) in [5.41, 5.74) is 3.29. The van der Waals surface area contributed by atoms with E-state index in [2.05, 4.69) is 25.6 Å². The van der Waals surface area contributed by atoms with Crippen molar-refractivity contribution >= 4 is 11.5 Å². The zero-order chi connectivity index (χ0) is 11.5. The third-order valence-corrected chi connectivity index (χ3v) is 2.82. The van der Waals surface area contributed by atoms with Gasteiger partial charge in [-0.15, -0.1) is 0 Å². The molecule has 2 aromatic rings. The standard InChI is InChI=1S/C12H13N5/c1-4-13-5-2-9(1)17-12-10-7-14-6-3-11(10)15-8-16-12/h1-2,4-5,8,14H,3,6-7H2,(H,13,15,16,17). The molecular formula is C12H13N5. The topological polar surface area (TPSA) is 62.7 Å². The summed E-state index contributed by atoms with van der Waals surface area (Å²) in [4.78, 5) is 12.6. The normalized spacial score (nSPS) is 14.1. The summed E-state index contributed by atoms with van der Waals surface area (Å²) in [5.74, 6) is 0.883. The smallest absolute Gasteiger partial charge is 0.138 e. The molecule has 1 aliphatic rings. The highest BCUT2D eigenvalue weighted by molar-refractivity contribution is 5.59. The quantitative estimate of drug-likeness (QED) is 0.808. The fraction of sp³-hybridized carbons (Fsp3) is 0.250. The largest absolute Gasteiger partial charge is 0.340 e. The average Bonchev–Trinajstić information content (AvgIpc) is 2.40. The lowest BCUT2D eigenvalue weighted by atomic mass is 10.1. The van der Waals surface area contributed by atoms with Crippen LogP contribution >= 0.6 is 0 Å². The molecule has 5 nitrogen and oxygen atoms in total. The zero-order valence-corrected chi connectivity index (χ0v) is 9.35. The summed E-state index contributed by atoms with van der Waals surface area (Å²) < 4.78 is 0. The van der Waals surface area contributed by atoms with E-state index in [0.717, 1.165) is 42.3 Å². The Morgan fingerprint density at radius 1 is 1.18 bits per heavy atom. The van der Waals surface area contributed by atoms with E-state index in [4.69, 9.17) is 0 Å². The Kier molecular flexibility index (Phi) is 2.67. The Hall–Kier alpha value is -2.01. The molecule has 0 bridgehead atoms. The monoisotopic (exact) mass is 227 g/mol. The zero-order valence-electron chi connectivity index (χ0n) is 9.35. The minimum Gasteiger partial charge on any atom is -0.340 e. The Bertz CT molecular complexity index is 512. The number of nitrogens with zero attached hydrogens (tertiary/aromatic N) is 3. The number of nitrogens with one attached hydrogen (secondary N) is 2. The van der Waals surface area contributed by atoms with Gasteiger partial charge in [0.2, 0.25) is 0 Å². The second-order valence-electron chi connectivity index (χ2n) is 3.94. The average molecular weight is 227 g/mol. The number of pyridine rings is 1. The molecule has 0 saturated carbocycles. The molecule has 0 aliphatic carbocycles. The summed E-state index contributed by atoms with van der Waals surface area (Å²) >= 11 is 0. The molecule has 0 aromatic carbocycles. The highest BCUT2D eigenvalue weighted by Crippen LogP contribution is 2.21. The molecule has 0 atom stereocenters. The number of fused-ring (bicyclic) bond motifs is 1. The molecule has 86 valence electrons. The van der Waals surface area contributed by atoms with Gasteiger partial charge in [-0.05, 0) is 12.1 Å². The van der Waals surface area contributed by atoms with Gasteiger partial charge in [-0.25, -0.2) is 9.97 Å². The predicted molar refractivity (Wildman–Crippen MR) is 65.0 cm³/mol. The van der Waals surface area contributed by atoms with Gasteiger partial charge in [0.15, 0.2) is 0 Å². The highest BCUT2D eigenvalue weighted by atomic mass is 15.0. The van der Waals surface area contributed by atoms with Gasteiger partial charge in [-0.2, -0.15) is 0 Å². The first-order chi connectivity index (χ1) is 8.43. The number of anilines is 2. The van der Waals surface area contributed by atoms with Crippen molar-refractivity contribution in [3.63, 3.8) is 0 Å². The van der Waals surface area contributed by atoms with Crippen molar-refractivity contribution in [3.05, 3.63) is 42.1 Å². The van der Waals surface area contributed by atoms with E-state index in [0.29, 0.717) is 0 Å². The highest BCUT2D eigenvalue weighted by Gasteiger charge is 2.14. The van der Waals surface area contributed by atoms with Crippen LogP contribution < -0.4 is 10.6 Å². The number of aromatic nitrogens is 3. The second kappa shape index (κ2) is 4.47. The second-order valence-corrected chi connectivity index (χ2v) is 3.94. The van der Waals surface area contributed by atoms with Crippen LogP contribution in [0.4, 0.5) is 11.5 Å². The van der Waals surface area contributed by atoms with Crippen LogP contribution in [0.15, 0.2) is 30.9 Å². The predicted octanol–water partition coefficient (Wildman–Crippen LogP) is 1.26. The molecule has 3 rings (SSSR count).